The van der Waals surface area contributed by atoms with E-state index in [2.05, 4.69) is 10.6 Å². The van der Waals surface area contributed by atoms with E-state index >= 15 is 0 Å². The molecule has 2 amide bonds. The monoisotopic (exact) mass is 462 g/mol. The van der Waals surface area contributed by atoms with Crippen molar-refractivity contribution in [1.29, 1.82) is 0 Å². The van der Waals surface area contributed by atoms with Gasteiger partial charge in [0.25, 0.3) is 0 Å². The number of hydrogen-bond acceptors (Lipinski definition) is 8. The lowest BCUT2D eigenvalue weighted by molar-refractivity contribution is -0.126. The number of ether oxygens (including phenoxy) is 3. The quantitative estimate of drug-likeness (QED) is 0.487. The maximum absolute atomic E-state index is 12.8. The molecular weight excluding hydrogens is 432 g/mol. The van der Waals surface area contributed by atoms with Crippen molar-refractivity contribution in [1.82, 2.24) is 10.6 Å². The largest absolute Gasteiger partial charge is 0.507 e. The first-order valence-electron chi connectivity index (χ1n) is 10.3. The summed E-state index contributed by atoms with van der Waals surface area (Å²) in [7, 11) is 4.30. The summed E-state index contributed by atoms with van der Waals surface area (Å²) in [4.78, 5) is 37.4. The Hall–Kier alpha value is -3.69. The van der Waals surface area contributed by atoms with Crippen LogP contribution in [0.3, 0.4) is 0 Å². The smallest absolute Gasteiger partial charge is 0.343 e. The Labute approximate surface area is 191 Å². The Morgan fingerprint density at radius 2 is 1.73 bits per heavy atom. The van der Waals surface area contributed by atoms with Crippen molar-refractivity contribution in [3.8, 4) is 23.0 Å². The maximum atomic E-state index is 12.8. The molecule has 0 fully saturated rings. The van der Waals surface area contributed by atoms with Crippen LogP contribution in [0.2, 0.25) is 0 Å². The van der Waals surface area contributed by atoms with Gasteiger partial charge in [0, 0.05) is 30.0 Å². The van der Waals surface area contributed by atoms with Crippen LogP contribution in [0.5, 0.6) is 23.0 Å². The van der Waals surface area contributed by atoms with Gasteiger partial charge in [-0.25, -0.2) is 4.79 Å². The van der Waals surface area contributed by atoms with Gasteiger partial charge in [0.1, 0.15) is 11.5 Å². The number of carbonyl (C=O) groups is 2. The summed E-state index contributed by atoms with van der Waals surface area (Å²) < 4.78 is 21.4. The van der Waals surface area contributed by atoms with Gasteiger partial charge in [0.2, 0.25) is 17.6 Å². The van der Waals surface area contributed by atoms with Crippen LogP contribution in [0, 0.1) is 6.92 Å². The van der Waals surface area contributed by atoms with Crippen LogP contribution < -0.4 is 30.5 Å². The molecule has 2 aromatic rings. The first-order valence-corrected chi connectivity index (χ1v) is 10.3. The van der Waals surface area contributed by atoms with Gasteiger partial charge in [0.15, 0.2) is 11.5 Å². The minimum Gasteiger partial charge on any atom is -0.507 e. The lowest BCUT2D eigenvalue weighted by Crippen LogP contribution is -2.40. The highest BCUT2D eigenvalue weighted by atomic mass is 16.5. The number of nitrogens with one attached hydrogen (secondary N) is 2. The molecule has 2 rings (SSSR count). The highest BCUT2D eigenvalue weighted by Gasteiger charge is 2.30. The number of benzene rings is 1. The average Bonchev–Trinajstić information content (AvgIpc) is 2.74. The Morgan fingerprint density at radius 1 is 1.06 bits per heavy atom. The van der Waals surface area contributed by atoms with Crippen LogP contribution in [-0.2, 0) is 9.59 Å². The van der Waals surface area contributed by atoms with E-state index in [9.17, 15) is 19.5 Å². The third-order valence-electron chi connectivity index (χ3n) is 4.83. The molecule has 1 atom stereocenters. The molecule has 0 radical (unpaired) electrons. The molecular formula is C23H30N2O8. The van der Waals surface area contributed by atoms with Crippen molar-refractivity contribution < 1.29 is 33.3 Å². The van der Waals surface area contributed by atoms with E-state index in [1.807, 2.05) is 0 Å². The highest BCUT2D eigenvalue weighted by Crippen LogP contribution is 2.45. The second-order valence-electron chi connectivity index (χ2n) is 7.62. The molecule has 0 saturated heterocycles. The maximum Gasteiger partial charge on any atom is 0.343 e. The minimum absolute atomic E-state index is 0.0766. The molecule has 0 bridgehead atoms. The highest BCUT2D eigenvalue weighted by molar-refractivity contribution is 5.85. The van der Waals surface area contributed by atoms with Crippen molar-refractivity contribution in [2.75, 3.05) is 27.9 Å². The molecule has 0 aliphatic rings. The number of aromatic hydroxyl groups is 1. The second-order valence-corrected chi connectivity index (χ2v) is 7.62. The molecule has 0 saturated carbocycles. The first-order chi connectivity index (χ1) is 15.6. The molecule has 0 aliphatic carbocycles. The van der Waals surface area contributed by atoms with E-state index in [1.54, 1.807) is 26.0 Å². The summed E-state index contributed by atoms with van der Waals surface area (Å²) in [6.45, 7) is 4.90. The third kappa shape index (κ3) is 6.18. The van der Waals surface area contributed by atoms with Gasteiger partial charge in [0.05, 0.1) is 33.4 Å². The summed E-state index contributed by atoms with van der Waals surface area (Å²) in [6.07, 6.45) is -0.276. The SMILES string of the molecule is COc1ccc([C@H](CC(=O)NCC(=O)NC(C)C)c2c(O)cc(C)oc2=O)c(OC)c1OC. The van der Waals surface area contributed by atoms with Crippen molar-refractivity contribution in [2.45, 2.75) is 39.2 Å². The Balaban J connectivity index is 2.53. The standard InChI is InChI=1S/C23H30N2O8/c1-12(2)25-19(28)11-24-18(27)10-15(20-16(26)9-13(3)33-23(20)29)14-7-8-17(30-4)22(32-6)21(14)31-5/h7-9,12,15,26H,10-11H2,1-6H3,(H,24,27)(H,25,28)/t15-/m0/s1. The van der Waals surface area contributed by atoms with Crippen LogP contribution >= 0.6 is 0 Å². The zero-order chi connectivity index (χ0) is 24.7. The summed E-state index contributed by atoms with van der Waals surface area (Å²) in [5, 5.41) is 15.8. The summed E-state index contributed by atoms with van der Waals surface area (Å²) in [5.41, 5.74) is -0.518. The topological polar surface area (TPSA) is 136 Å². The molecule has 1 heterocycles. The van der Waals surface area contributed by atoms with Gasteiger partial charge in [-0.15, -0.1) is 0 Å². The molecule has 0 spiro atoms. The van der Waals surface area contributed by atoms with Crippen molar-refractivity contribution in [3.63, 3.8) is 0 Å². The molecule has 180 valence electrons. The first kappa shape index (κ1) is 25.6. The van der Waals surface area contributed by atoms with Crippen LogP contribution in [0.25, 0.3) is 0 Å². The van der Waals surface area contributed by atoms with Crippen LogP contribution in [0.4, 0.5) is 0 Å². The summed E-state index contributed by atoms with van der Waals surface area (Å²) >= 11 is 0. The van der Waals surface area contributed by atoms with E-state index in [-0.39, 0.29) is 53.5 Å². The lowest BCUT2D eigenvalue weighted by atomic mass is 9.87. The number of rotatable bonds is 10. The molecule has 33 heavy (non-hydrogen) atoms. The van der Waals surface area contributed by atoms with Gasteiger partial charge in [-0.2, -0.15) is 0 Å². The van der Waals surface area contributed by atoms with E-state index < -0.39 is 17.5 Å². The van der Waals surface area contributed by atoms with Gasteiger partial charge >= 0.3 is 5.63 Å². The zero-order valence-electron chi connectivity index (χ0n) is 19.6. The molecule has 10 heteroatoms. The van der Waals surface area contributed by atoms with Crippen LogP contribution in [0.1, 0.15) is 43.1 Å². The second kappa shape index (κ2) is 11.3. The molecule has 3 N–H and O–H groups in total. The lowest BCUT2D eigenvalue weighted by Gasteiger charge is -2.22. The van der Waals surface area contributed by atoms with E-state index in [4.69, 9.17) is 18.6 Å². The number of aryl methyl sites for hydroxylation is 1. The molecule has 0 aliphatic heterocycles. The molecule has 1 aromatic heterocycles. The predicted molar refractivity (Wildman–Crippen MR) is 120 cm³/mol. The Bertz CT molecular complexity index is 1060. The fourth-order valence-electron chi connectivity index (χ4n) is 3.50. The Kier molecular flexibility index (Phi) is 8.72. The van der Waals surface area contributed by atoms with E-state index in [0.29, 0.717) is 11.3 Å². The van der Waals surface area contributed by atoms with Gasteiger partial charge in [-0.05, 0) is 26.8 Å². The fraction of sp³-hybridized carbons (Fsp3) is 0.435. The number of amides is 2. The van der Waals surface area contributed by atoms with E-state index in [0.717, 1.165) is 0 Å². The van der Waals surface area contributed by atoms with Crippen molar-refractivity contribution in [2.24, 2.45) is 0 Å². The Morgan fingerprint density at radius 3 is 2.27 bits per heavy atom. The van der Waals surface area contributed by atoms with Crippen molar-refractivity contribution >= 4 is 11.8 Å². The zero-order valence-corrected chi connectivity index (χ0v) is 19.6. The fourth-order valence-corrected chi connectivity index (χ4v) is 3.50. The van der Waals surface area contributed by atoms with Gasteiger partial charge in [-0.3, -0.25) is 9.59 Å². The summed E-state index contributed by atoms with van der Waals surface area (Å²) in [6, 6.07) is 4.44. The van der Waals surface area contributed by atoms with Crippen LogP contribution in [-0.4, -0.2) is 50.8 Å². The molecule has 10 nitrogen and oxygen atoms in total. The minimum atomic E-state index is -0.968. The number of carbonyl (C=O) groups excluding carboxylic acids is 2. The average molecular weight is 462 g/mol. The summed E-state index contributed by atoms with van der Waals surface area (Å²) in [5.74, 6) is -1.07. The number of methoxy groups -OCH3 is 3. The number of hydrogen-bond donors (Lipinski definition) is 3. The third-order valence-corrected chi connectivity index (χ3v) is 4.83. The molecule has 0 unspecified atom stereocenters. The van der Waals surface area contributed by atoms with Gasteiger partial charge in [-0.1, -0.05) is 6.07 Å². The van der Waals surface area contributed by atoms with Crippen LogP contribution in [0.15, 0.2) is 27.4 Å². The van der Waals surface area contributed by atoms with E-state index in [1.165, 1.54) is 34.3 Å². The normalized spacial score (nSPS) is 11.6. The van der Waals surface area contributed by atoms with Crippen molar-refractivity contribution in [3.05, 3.63) is 45.5 Å². The predicted octanol–water partition coefficient (Wildman–Crippen LogP) is 1.84. The van der Waals surface area contributed by atoms with Gasteiger partial charge < -0.3 is 34.4 Å². The molecule has 1 aromatic carbocycles.